The van der Waals surface area contributed by atoms with Gasteiger partial charge in [0.25, 0.3) is 0 Å². The summed E-state index contributed by atoms with van der Waals surface area (Å²) in [4.78, 5) is 13.4. The van der Waals surface area contributed by atoms with Crippen LogP contribution in [0.3, 0.4) is 0 Å². The van der Waals surface area contributed by atoms with Gasteiger partial charge >= 0.3 is 6.18 Å². The maximum absolute atomic E-state index is 13.7. The molecule has 0 radical (unpaired) electrons. The Balaban J connectivity index is 1.46. The average Bonchev–Trinajstić information content (AvgIpc) is 3.49. The van der Waals surface area contributed by atoms with Gasteiger partial charge in [-0.25, -0.2) is 19.6 Å². The van der Waals surface area contributed by atoms with Gasteiger partial charge in [-0.15, -0.1) is 0 Å². The van der Waals surface area contributed by atoms with E-state index in [9.17, 15) is 13.2 Å². The van der Waals surface area contributed by atoms with Crippen molar-refractivity contribution >= 4 is 12.2 Å². The van der Waals surface area contributed by atoms with E-state index in [-0.39, 0.29) is 11.6 Å². The van der Waals surface area contributed by atoms with E-state index < -0.39 is 17.7 Å². The zero-order valence-electron chi connectivity index (χ0n) is 20.1. The van der Waals surface area contributed by atoms with E-state index in [1.165, 1.54) is 12.1 Å². The molecule has 1 aliphatic heterocycles. The first-order chi connectivity index (χ1) is 17.2. The number of ether oxygens (including phenoxy) is 1. The molecule has 0 spiro atoms. The van der Waals surface area contributed by atoms with Crippen LogP contribution >= 0.6 is 0 Å². The Hall–Kier alpha value is -3.95. The fourth-order valence-corrected chi connectivity index (χ4v) is 4.60. The van der Waals surface area contributed by atoms with Gasteiger partial charge in [0.1, 0.15) is 11.5 Å². The van der Waals surface area contributed by atoms with Gasteiger partial charge < -0.3 is 9.30 Å². The van der Waals surface area contributed by atoms with Crippen LogP contribution in [0, 0.1) is 6.92 Å². The van der Waals surface area contributed by atoms with Gasteiger partial charge in [-0.05, 0) is 62.6 Å². The van der Waals surface area contributed by atoms with Gasteiger partial charge in [-0.3, -0.25) is 0 Å². The number of aromatic nitrogens is 6. The van der Waals surface area contributed by atoms with Crippen molar-refractivity contribution in [2.24, 2.45) is 0 Å². The fourth-order valence-electron chi connectivity index (χ4n) is 4.60. The summed E-state index contributed by atoms with van der Waals surface area (Å²) in [5.41, 5.74) is 1.87. The second-order valence-electron chi connectivity index (χ2n) is 8.86. The second-order valence-corrected chi connectivity index (χ2v) is 8.86. The molecule has 1 aromatic carbocycles. The highest BCUT2D eigenvalue weighted by atomic mass is 19.4. The molecule has 0 saturated heterocycles. The number of fused-ring (bicyclic) bond motifs is 1. The summed E-state index contributed by atoms with van der Waals surface area (Å²) < 4.78 is 50.1. The van der Waals surface area contributed by atoms with Crippen molar-refractivity contribution in [3.8, 4) is 11.6 Å². The number of rotatable bonds is 5. The molecule has 5 rings (SSSR count). The van der Waals surface area contributed by atoms with Crippen molar-refractivity contribution in [2.75, 3.05) is 7.11 Å². The maximum Gasteiger partial charge on any atom is 0.416 e. The first kappa shape index (κ1) is 23.8. The summed E-state index contributed by atoms with van der Waals surface area (Å²) in [6.45, 7) is 3.90. The summed E-state index contributed by atoms with van der Waals surface area (Å²) in [5, 5.41) is 4.59. The van der Waals surface area contributed by atoms with Crippen LogP contribution in [0.1, 0.15) is 65.9 Å². The lowest BCUT2D eigenvalue weighted by molar-refractivity contribution is -0.138. The maximum atomic E-state index is 13.7. The number of methoxy groups -OCH3 is 1. The van der Waals surface area contributed by atoms with E-state index in [4.69, 9.17) is 4.74 Å². The molecule has 0 bridgehead atoms. The fraction of sp³-hybridized carbons (Fsp3) is 0.308. The molecule has 0 saturated carbocycles. The lowest BCUT2D eigenvalue weighted by Crippen LogP contribution is -2.23. The van der Waals surface area contributed by atoms with Crippen LogP contribution in [0.15, 0.2) is 48.9 Å². The topological polar surface area (TPSA) is 70.7 Å². The van der Waals surface area contributed by atoms with Crippen LogP contribution in [0.2, 0.25) is 0 Å². The Morgan fingerprint density at radius 2 is 1.86 bits per heavy atom. The summed E-state index contributed by atoms with van der Waals surface area (Å²) in [6.07, 6.45) is 3.90. The Labute approximate surface area is 206 Å². The standard InChI is InChI=1S/C26H25F3N6O/c1-16-14-34(15-30-16)22-12-9-18(31-25(22)36-3)10-13-23-32-24-20(11-8-17(2)35(24)33-23)19-6-4-5-7-21(19)26(27,28)29/h4-7,9-10,12-15,17,20H,8,11H2,1-3H3/t17-,20+/m0/s1. The molecule has 10 heteroatoms. The van der Waals surface area contributed by atoms with Gasteiger partial charge in [0.05, 0.1) is 36.4 Å². The highest BCUT2D eigenvalue weighted by Crippen LogP contribution is 2.42. The van der Waals surface area contributed by atoms with Crippen molar-refractivity contribution in [1.29, 1.82) is 0 Å². The van der Waals surface area contributed by atoms with Crippen molar-refractivity contribution in [1.82, 2.24) is 29.3 Å². The van der Waals surface area contributed by atoms with E-state index in [0.29, 0.717) is 36.1 Å². The van der Waals surface area contributed by atoms with Gasteiger partial charge in [0.2, 0.25) is 5.88 Å². The lowest BCUT2D eigenvalue weighted by atomic mass is 9.86. The Kier molecular flexibility index (Phi) is 6.11. The minimum atomic E-state index is -4.43. The molecule has 186 valence electrons. The molecule has 0 N–H and O–H groups in total. The molecule has 3 aromatic heterocycles. The highest BCUT2D eigenvalue weighted by Gasteiger charge is 2.38. The molecular formula is C26H25F3N6O. The zero-order valence-corrected chi connectivity index (χ0v) is 20.1. The van der Waals surface area contributed by atoms with Crippen LogP contribution < -0.4 is 4.74 Å². The Morgan fingerprint density at radius 3 is 2.58 bits per heavy atom. The van der Waals surface area contributed by atoms with Crippen molar-refractivity contribution in [3.05, 3.63) is 83.1 Å². The summed E-state index contributed by atoms with van der Waals surface area (Å²) in [5.74, 6) is 0.915. The molecular weight excluding hydrogens is 469 g/mol. The third kappa shape index (κ3) is 4.50. The molecule has 36 heavy (non-hydrogen) atoms. The number of imidazole rings is 1. The number of nitrogens with zero attached hydrogens (tertiary/aromatic N) is 6. The molecule has 0 aliphatic carbocycles. The summed E-state index contributed by atoms with van der Waals surface area (Å²) in [7, 11) is 1.55. The number of halogens is 3. The number of pyridine rings is 1. The minimum Gasteiger partial charge on any atom is -0.479 e. The van der Waals surface area contributed by atoms with Gasteiger partial charge in [0.15, 0.2) is 5.82 Å². The van der Waals surface area contributed by atoms with Crippen molar-refractivity contribution in [2.45, 2.75) is 44.8 Å². The SMILES string of the molecule is COc1nc(C=Cc2nc3n(n2)[C@@H](C)CC[C@@H]3c2ccccc2C(F)(F)F)ccc1-n1cnc(C)c1. The van der Waals surface area contributed by atoms with Crippen LogP contribution in [-0.2, 0) is 6.18 Å². The van der Waals surface area contributed by atoms with E-state index in [1.807, 2.05) is 36.7 Å². The highest BCUT2D eigenvalue weighted by molar-refractivity contribution is 5.65. The lowest BCUT2D eigenvalue weighted by Gasteiger charge is -2.28. The van der Waals surface area contributed by atoms with Crippen LogP contribution in [0.25, 0.3) is 17.8 Å². The largest absolute Gasteiger partial charge is 0.479 e. The molecule has 7 nitrogen and oxygen atoms in total. The summed E-state index contributed by atoms with van der Waals surface area (Å²) >= 11 is 0. The van der Waals surface area contributed by atoms with Gasteiger partial charge in [-0.1, -0.05) is 18.2 Å². The number of benzene rings is 1. The van der Waals surface area contributed by atoms with Crippen LogP contribution in [0.5, 0.6) is 5.88 Å². The number of hydrogen-bond acceptors (Lipinski definition) is 5. The molecule has 4 heterocycles. The zero-order chi connectivity index (χ0) is 25.4. The van der Waals surface area contributed by atoms with E-state index >= 15 is 0 Å². The molecule has 4 aromatic rings. The quantitative estimate of drug-likeness (QED) is 0.348. The molecule has 2 atom stereocenters. The summed E-state index contributed by atoms with van der Waals surface area (Å²) in [6, 6.07) is 9.48. The molecule has 0 fully saturated rings. The minimum absolute atomic E-state index is 0.0417. The Morgan fingerprint density at radius 1 is 1.06 bits per heavy atom. The first-order valence-electron chi connectivity index (χ1n) is 11.6. The number of aryl methyl sites for hydroxylation is 1. The monoisotopic (exact) mass is 494 g/mol. The van der Waals surface area contributed by atoms with E-state index in [2.05, 4.69) is 20.1 Å². The van der Waals surface area contributed by atoms with Crippen molar-refractivity contribution < 1.29 is 17.9 Å². The Bertz CT molecular complexity index is 1420. The third-order valence-electron chi connectivity index (χ3n) is 6.37. The third-order valence-corrected chi connectivity index (χ3v) is 6.37. The van der Waals surface area contributed by atoms with E-state index in [1.54, 1.807) is 36.3 Å². The predicted molar refractivity (Wildman–Crippen MR) is 129 cm³/mol. The first-order valence-corrected chi connectivity index (χ1v) is 11.6. The predicted octanol–water partition coefficient (Wildman–Crippen LogP) is 5.85. The molecule has 0 amide bonds. The number of hydrogen-bond donors (Lipinski definition) is 0. The normalized spacial score (nSPS) is 17.9. The van der Waals surface area contributed by atoms with Crippen LogP contribution in [-0.4, -0.2) is 36.4 Å². The average molecular weight is 495 g/mol. The smallest absolute Gasteiger partial charge is 0.416 e. The van der Waals surface area contributed by atoms with E-state index in [0.717, 1.165) is 17.4 Å². The second kappa shape index (κ2) is 9.25. The molecule has 1 aliphatic rings. The molecule has 0 unspecified atom stereocenters. The van der Waals surface area contributed by atoms with Gasteiger partial charge in [-0.2, -0.15) is 18.3 Å². The van der Waals surface area contributed by atoms with Crippen molar-refractivity contribution in [3.63, 3.8) is 0 Å². The number of alkyl halides is 3. The van der Waals surface area contributed by atoms with Gasteiger partial charge in [0, 0.05) is 12.1 Å². The van der Waals surface area contributed by atoms with Crippen LogP contribution in [0.4, 0.5) is 13.2 Å².